The zero-order valence-electron chi connectivity index (χ0n) is 17.7. The fraction of sp³-hybridized carbons (Fsp3) is 0.522. The smallest absolute Gasteiger partial charge is 0.162 e. The van der Waals surface area contributed by atoms with Gasteiger partial charge in [-0.05, 0) is 64.3 Å². The lowest BCUT2D eigenvalue weighted by Gasteiger charge is -2.49. The molecule has 0 unspecified atom stereocenters. The number of phenols is 1. The van der Waals surface area contributed by atoms with Gasteiger partial charge in [-0.1, -0.05) is 12.1 Å². The Kier molecular flexibility index (Phi) is 5.96. The molecule has 1 aromatic carbocycles. The maximum atomic E-state index is 10.6. The van der Waals surface area contributed by atoms with E-state index in [-0.39, 0.29) is 16.8 Å². The monoisotopic (exact) mass is 383 g/mol. The third-order valence-corrected chi connectivity index (χ3v) is 5.50. The van der Waals surface area contributed by atoms with E-state index in [0.717, 1.165) is 24.9 Å². The number of rotatable bonds is 6. The molecule has 152 valence electrons. The zero-order valence-corrected chi connectivity index (χ0v) is 17.7. The second-order valence-electron chi connectivity index (χ2n) is 9.18. The highest BCUT2D eigenvalue weighted by Gasteiger charge is 2.40. The number of benzene rings is 1. The summed E-state index contributed by atoms with van der Waals surface area (Å²) in [4.78, 5) is 6.63. The number of nitrogens with one attached hydrogen (secondary N) is 1. The van der Waals surface area contributed by atoms with E-state index < -0.39 is 0 Å². The lowest BCUT2D eigenvalue weighted by atomic mass is 9.78. The molecule has 0 atom stereocenters. The number of piperidine rings is 1. The molecule has 0 aliphatic carbocycles. The molecule has 1 aromatic heterocycles. The van der Waals surface area contributed by atoms with E-state index >= 15 is 0 Å². The number of aromatic nitrogens is 1. The number of aromatic hydroxyl groups is 1. The third-order valence-electron chi connectivity index (χ3n) is 5.50. The van der Waals surface area contributed by atoms with Crippen molar-refractivity contribution in [1.82, 2.24) is 15.2 Å². The van der Waals surface area contributed by atoms with Crippen LogP contribution in [0.2, 0.25) is 0 Å². The van der Waals surface area contributed by atoms with Crippen LogP contribution in [0.3, 0.4) is 0 Å². The molecule has 1 aliphatic heterocycles. The molecular formula is C23H33N3O2. The second kappa shape index (κ2) is 8.10. The number of para-hydroxylation sites is 1. The number of hydrogen-bond acceptors (Lipinski definition) is 5. The first kappa shape index (κ1) is 20.6. The largest absolute Gasteiger partial charge is 0.504 e. The normalized spacial score (nSPS) is 18.9. The minimum absolute atomic E-state index is 0.0549. The fourth-order valence-corrected chi connectivity index (χ4v) is 4.64. The molecule has 3 rings (SSSR count). The predicted molar refractivity (Wildman–Crippen MR) is 112 cm³/mol. The quantitative estimate of drug-likeness (QED) is 0.786. The molecule has 0 saturated carbocycles. The number of phenolic OH excluding ortho intramolecular Hbond substituents is 1. The first-order chi connectivity index (χ1) is 13.2. The van der Waals surface area contributed by atoms with Gasteiger partial charge in [0.2, 0.25) is 0 Å². The van der Waals surface area contributed by atoms with E-state index in [4.69, 9.17) is 4.74 Å². The van der Waals surface area contributed by atoms with Crippen molar-refractivity contribution in [3.63, 3.8) is 0 Å². The number of ether oxygens (including phenoxy) is 1. The Morgan fingerprint density at radius 2 is 1.71 bits per heavy atom. The second-order valence-corrected chi connectivity index (χ2v) is 9.18. The van der Waals surface area contributed by atoms with Crippen LogP contribution in [0.25, 0.3) is 0 Å². The Hall–Kier alpha value is -2.11. The van der Waals surface area contributed by atoms with E-state index in [1.807, 2.05) is 24.5 Å². The van der Waals surface area contributed by atoms with Gasteiger partial charge in [0.1, 0.15) is 0 Å². The van der Waals surface area contributed by atoms with Gasteiger partial charge in [0.15, 0.2) is 11.5 Å². The van der Waals surface area contributed by atoms with E-state index in [9.17, 15) is 5.11 Å². The molecule has 0 spiro atoms. The van der Waals surface area contributed by atoms with Gasteiger partial charge in [0, 0.05) is 48.2 Å². The summed E-state index contributed by atoms with van der Waals surface area (Å²) in [5, 5.41) is 14.4. The minimum atomic E-state index is 0.0549. The summed E-state index contributed by atoms with van der Waals surface area (Å²) in [7, 11) is 1.59. The molecule has 28 heavy (non-hydrogen) atoms. The van der Waals surface area contributed by atoms with E-state index in [2.05, 4.69) is 55.0 Å². The minimum Gasteiger partial charge on any atom is -0.504 e. The zero-order chi connectivity index (χ0) is 20.4. The van der Waals surface area contributed by atoms with Crippen molar-refractivity contribution in [2.24, 2.45) is 0 Å². The highest BCUT2D eigenvalue weighted by molar-refractivity contribution is 5.45. The van der Waals surface area contributed by atoms with Crippen LogP contribution >= 0.6 is 0 Å². The highest BCUT2D eigenvalue weighted by Crippen LogP contribution is 2.35. The van der Waals surface area contributed by atoms with Gasteiger partial charge >= 0.3 is 0 Å². The summed E-state index contributed by atoms with van der Waals surface area (Å²) in [5.74, 6) is 0.754. The van der Waals surface area contributed by atoms with Crippen LogP contribution in [0.5, 0.6) is 11.5 Å². The van der Waals surface area contributed by atoms with Gasteiger partial charge < -0.3 is 15.2 Å². The topological polar surface area (TPSA) is 57.6 Å². The Balaban J connectivity index is 1.91. The molecular weight excluding hydrogens is 350 g/mol. The molecule has 0 bridgehead atoms. The number of pyridine rings is 1. The van der Waals surface area contributed by atoms with Crippen LogP contribution in [-0.2, 0) is 13.1 Å². The SMILES string of the molecule is COc1cccc(CN(Cc2ccncc2)C2CC(C)(C)NC(C)(C)C2)c1O. The van der Waals surface area contributed by atoms with Crippen molar-refractivity contribution in [2.75, 3.05) is 7.11 Å². The van der Waals surface area contributed by atoms with E-state index in [0.29, 0.717) is 18.3 Å². The molecule has 1 fully saturated rings. The van der Waals surface area contributed by atoms with Gasteiger partial charge in [-0.3, -0.25) is 9.88 Å². The Bertz CT molecular complexity index is 774. The molecule has 0 amide bonds. The summed E-state index contributed by atoms with van der Waals surface area (Å²) in [6.07, 6.45) is 5.78. The molecule has 0 radical (unpaired) electrons. The predicted octanol–water partition coefficient (Wildman–Crippen LogP) is 4.11. The summed E-state index contributed by atoms with van der Waals surface area (Å²) >= 11 is 0. The van der Waals surface area contributed by atoms with Crippen molar-refractivity contribution in [3.05, 3.63) is 53.9 Å². The van der Waals surface area contributed by atoms with Gasteiger partial charge in [0.25, 0.3) is 0 Å². The van der Waals surface area contributed by atoms with Crippen LogP contribution in [0.15, 0.2) is 42.7 Å². The van der Waals surface area contributed by atoms with Gasteiger partial charge in [-0.15, -0.1) is 0 Å². The average Bonchev–Trinajstić information content (AvgIpc) is 2.61. The van der Waals surface area contributed by atoms with Crippen LogP contribution in [0.1, 0.15) is 51.7 Å². The van der Waals surface area contributed by atoms with Crippen molar-refractivity contribution < 1.29 is 9.84 Å². The molecule has 1 aliphatic rings. The van der Waals surface area contributed by atoms with Crippen molar-refractivity contribution in [3.8, 4) is 11.5 Å². The Labute approximate surface area is 168 Å². The van der Waals surface area contributed by atoms with Gasteiger partial charge in [-0.25, -0.2) is 0 Å². The maximum Gasteiger partial charge on any atom is 0.162 e. The fourth-order valence-electron chi connectivity index (χ4n) is 4.64. The lowest BCUT2D eigenvalue weighted by Crippen LogP contribution is -2.62. The summed E-state index contributed by atoms with van der Waals surface area (Å²) in [5.41, 5.74) is 2.23. The van der Waals surface area contributed by atoms with Crippen LogP contribution in [-0.4, -0.2) is 39.2 Å². The van der Waals surface area contributed by atoms with Crippen molar-refractivity contribution in [2.45, 2.75) is 70.7 Å². The first-order valence-electron chi connectivity index (χ1n) is 9.96. The standard InChI is InChI=1S/C23H33N3O2/c1-22(2)13-19(14-23(3,4)25-22)26(15-17-9-11-24-12-10-17)16-18-7-6-8-20(28-5)21(18)27/h6-12,19,25,27H,13-16H2,1-5H3. The Morgan fingerprint density at radius 3 is 2.32 bits per heavy atom. The molecule has 2 heterocycles. The molecule has 5 heteroatoms. The molecule has 2 N–H and O–H groups in total. The summed E-state index contributed by atoms with van der Waals surface area (Å²) in [6, 6.07) is 10.2. The van der Waals surface area contributed by atoms with Crippen molar-refractivity contribution >= 4 is 0 Å². The molecule has 5 nitrogen and oxygen atoms in total. The number of methoxy groups -OCH3 is 1. The van der Waals surface area contributed by atoms with Crippen LogP contribution in [0, 0.1) is 0 Å². The lowest BCUT2D eigenvalue weighted by molar-refractivity contribution is 0.0559. The first-order valence-corrected chi connectivity index (χ1v) is 9.96. The Morgan fingerprint density at radius 1 is 1.07 bits per heavy atom. The van der Waals surface area contributed by atoms with Crippen molar-refractivity contribution in [1.29, 1.82) is 0 Å². The van der Waals surface area contributed by atoms with Crippen LogP contribution < -0.4 is 10.1 Å². The van der Waals surface area contributed by atoms with Crippen LogP contribution in [0.4, 0.5) is 0 Å². The van der Waals surface area contributed by atoms with Gasteiger partial charge in [-0.2, -0.15) is 0 Å². The maximum absolute atomic E-state index is 10.6. The summed E-state index contributed by atoms with van der Waals surface area (Å²) < 4.78 is 5.31. The molecule has 1 saturated heterocycles. The average molecular weight is 384 g/mol. The highest BCUT2D eigenvalue weighted by atomic mass is 16.5. The summed E-state index contributed by atoms with van der Waals surface area (Å²) in [6.45, 7) is 10.6. The third kappa shape index (κ3) is 5.03. The van der Waals surface area contributed by atoms with E-state index in [1.54, 1.807) is 13.2 Å². The number of hydrogen-bond donors (Lipinski definition) is 2. The molecule has 2 aromatic rings. The van der Waals surface area contributed by atoms with E-state index in [1.165, 1.54) is 5.56 Å². The van der Waals surface area contributed by atoms with Gasteiger partial charge in [0.05, 0.1) is 7.11 Å². The number of nitrogens with zero attached hydrogens (tertiary/aromatic N) is 2.